The first-order chi connectivity index (χ1) is 46.8. The highest BCUT2D eigenvalue weighted by atomic mass is 31.2. The number of amides is 5. The minimum atomic E-state index is -5.80. The average molecular weight is 1470 g/mol. The van der Waals surface area contributed by atoms with Crippen LogP contribution in [-0.4, -0.2) is 295 Å². The van der Waals surface area contributed by atoms with E-state index < -0.39 is 222 Å². The van der Waals surface area contributed by atoms with Gasteiger partial charge < -0.3 is 146 Å². The number of carboxylic acids is 1. The van der Waals surface area contributed by atoms with Gasteiger partial charge in [0, 0.05) is 26.9 Å². The molecule has 5 fully saturated rings. The number of nitrogens with two attached hydrogens (primary N) is 3. The molecule has 21 N–H and O–H groups in total. The SMILES string of the molecule is CC(=O)N[C@H]1[C@H](O[C@H]2[C@H](O)[C@@H](NC(C)=O)[C@H](O[C@H]3[C@@H](OP(=O)(O)OC[C@@H](OCC[15NH]C/C=C(\C)CCCC(C)CCCC(C)CCCC(C)C)C(=O)O)O[C@H](C(N)=O)[C@@](C)(O)[C@@H]3OC(N)=O)O[C@@H]2CO[C@@H]2O[C@H](CO)[C@@H](O)[C@H](O)[C@H]2O)O[C@H](C)[C@@H](O[C@@H]2O[C@H](C(N)=O)[C@H](O)[C@H](O)[C@H]2O)[C@@H]1O. The molecule has 5 aliphatic rings. The summed E-state index contributed by atoms with van der Waals surface area (Å²) in [7, 11) is -5.80. The molecule has 39 heteroatoms. The normalized spacial score (nSPS) is 37.3. The third-order valence-electron chi connectivity index (χ3n) is 17.9. The summed E-state index contributed by atoms with van der Waals surface area (Å²) in [6.07, 6.45) is -37.0. The molecule has 5 aliphatic heterocycles. The smallest absolute Gasteiger partial charge is 0.474 e. The molecule has 0 aromatic rings. The number of phosphoric acid groups is 1. The summed E-state index contributed by atoms with van der Waals surface area (Å²) >= 11 is 0. The van der Waals surface area contributed by atoms with E-state index in [0.717, 1.165) is 57.4 Å². The lowest BCUT2D eigenvalue weighted by Crippen LogP contribution is -2.72. The maximum absolute atomic E-state index is 14.0. The minimum Gasteiger partial charge on any atom is -0.479 e. The molecule has 5 heterocycles. The van der Waals surface area contributed by atoms with Gasteiger partial charge in [-0.2, -0.15) is 0 Å². The number of rotatable bonds is 39. The predicted octanol–water partition coefficient (Wildman–Crippen LogP) is -4.54. The number of carboxylic acid groups (broad SMARTS) is 1. The number of hydrogen-bond acceptors (Lipinski definition) is 31. The molecule has 0 aromatic carbocycles. The quantitative estimate of drug-likeness (QED) is 0.0119. The number of nitrogens with one attached hydrogen (secondary N) is 3. The van der Waals surface area contributed by atoms with E-state index in [-0.39, 0.29) is 13.2 Å². The number of primary amides is 3. The second-order valence-electron chi connectivity index (χ2n) is 26.9. The lowest BCUT2D eigenvalue weighted by atomic mass is 9.85. The highest BCUT2D eigenvalue weighted by Crippen LogP contribution is 2.49. The van der Waals surface area contributed by atoms with Crippen LogP contribution in [0.3, 0.4) is 0 Å². The Morgan fingerprint density at radius 3 is 1.74 bits per heavy atom. The number of aliphatic hydroxyl groups is 10. The van der Waals surface area contributed by atoms with Crippen molar-refractivity contribution in [2.24, 2.45) is 35.0 Å². The van der Waals surface area contributed by atoms with Gasteiger partial charge in [-0.25, -0.2) is 14.2 Å². The molecule has 3 unspecified atom stereocenters. The Balaban J connectivity index is 1.38. The molecule has 0 bridgehead atoms. The Hall–Kier alpha value is -4.37. The summed E-state index contributed by atoms with van der Waals surface area (Å²) in [5.74, 6) is -4.33. The standard InChI is InChI=1S/C61H107N6O32P/c1-26(2)13-10-14-27(3)15-11-16-28(4)17-12-18-29(5)19-20-65-21-22-87-35(54(81)82)25-89-100(85,86)99-59-49(50(98-60(64)83)61(9,84)51(97-59)53(63)80)96-56-37(67-32(8)70)40(73)47(34(92-56)24-88-57-44(77)41(74)38(71)33(23-68)91-57)94-55-36(66-31(7)69)39(72)46(30(6)90-55)93-58-45(78)42(75)43(76)48(95-58)52(62)79/h19,26-28,30,33-51,55-59,65,68,71-78,84H,10-18,20-25H2,1-9H3,(H2,62,79)(H2,63,80)(H2,64,83)(H,66,69)(H,67,70)(H,81,82)(H,85,86)/b29-19+/t27?,28?,30-,33-,34-,35-,36-,37-,38-,39-,40-,41+,42+,43-,44-,45-,46-,47-,48+,49-,50-,51-,55+,56+,57-,58-,59-,61+/m1/s1/i65+1. The zero-order valence-electron chi connectivity index (χ0n) is 57.6. The Bertz CT molecular complexity index is 2690. The van der Waals surface area contributed by atoms with Crippen LogP contribution in [0, 0.1) is 17.8 Å². The van der Waals surface area contributed by atoms with E-state index in [9.17, 15) is 94.4 Å². The summed E-state index contributed by atoms with van der Waals surface area (Å²) in [5, 5.41) is 128. The van der Waals surface area contributed by atoms with Gasteiger partial charge in [0.05, 0.1) is 32.5 Å². The van der Waals surface area contributed by atoms with Crippen molar-refractivity contribution in [3.63, 3.8) is 0 Å². The van der Waals surface area contributed by atoms with Crippen molar-refractivity contribution < 1.29 is 156 Å². The van der Waals surface area contributed by atoms with E-state index in [1.54, 1.807) is 0 Å². The number of phosphoric ester groups is 1. The number of aliphatic carboxylic acids is 1. The van der Waals surface area contributed by atoms with Crippen LogP contribution in [0.4, 0.5) is 4.79 Å². The van der Waals surface area contributed by atoms with Gasteiger partial charge in [-0.3, -0.25) is 28.2 Å². The van der Waals surface area contributed by atoms with Crippen molar-refractivity contribution >= 4 is 43.5 Å². The van der Waals surface area contributed by atoms with Gasteiger partial charge in [0.1, 0.15) is 90.9 Å². The van der Waals surface area contributed by atoms with Crippen molar-refractivity contribution in [1.29, 1.82) is 0 Å². The Kier molecular flexibility index (Phi) is 34.2. The number of ether oxygens (including phenoxy) is 11. The lowest BCUT2D eigenvalue weighted by Gasteiger charge is -2.52. The third-order valence-corrected chi connectivity index (χ3v) is 18.8. The molecule has 5 rings (SSSR count). The van der Waals surface area contributed by atoms with Crippen LogP contribution in [0.1, 0.15) is 120 Å². The molecule has 0 radical (unpaired) electrons. The summed E-state index contributed by atoms with van der Waals surface area (Å²) in [6.45, 7) is 12.1. The van der Waals surface area contributed by atoms with Crippen molar-refractivity contribution in [2.75, 3.05) is 39.5 Å². The van der Waals surface area contributed by atoms with E-state index >= 15 is 0 Å². The van der Waals surface area contributed by atoms with Crippen molar-refractivity contribution in [3.8, 4) is 0 Å². The summed E-state index contributed by atoms with van der Waals surface area (Å²) in [5.41, 5.74) is 14.6. The fraction of sp³-hybridized carbons (Fsp3) is 0.869. The zero-order valence-corrected chi connectivity index (χ0v) is 58.5. The Morgan fingerprint density at radius 2 is 1.18 bits per heavy atom. The van der Waals surface area contributed by atoms with Gasteiger partial charge in [-0.05, 0) is 51.4 Å². The molecule has 0 spiro atoms. The lowest BCUT2D eigenvalue weighted by molar-refractivity contribution is -0.375. The molecule has 0 aromatic heterocycles. The number of hydrogen-bond donors (Lipinski definition) is 18. The van der Waals surface area contributed by atoms with E-state index in [0.29, 0.717) is 12.5 Å². The molecule has 5 saturated heterocycles. The van der Waals surface area contributed by atoms with Crippen LogP contribution in [0.2, 0.25) is 0 Å². The number of aliphatic hydroxyl groups excluding tert-OH is 9. The Morgan fingerprint density at radius 1 is 0.640 bits per heavy atom. The van der Waals surface area contributed by atoms with Gasteiger partial charge in [-0.15, -0.1) is 0 Å². The molecule has 0 saturated carbocycles. The first-order valence-corrected chi connectivity index (χ1v) is 34.9. The zero-order chi connectivity index (χ0) is 74.8. The largest absolute Gasteiger partial charge is 0.479 e. The van der Waals surface area contributed by atoms with Crippen molar-refractivity contribution in [3.05, 3.63) is 11.6 Å². The maximum Gasteiger partial charge on any atom is 0.474 e. The number of allylic oxidation sites excluding steroid dienone is 1. The van der Waals surface area contributed by atoms with Gasteiger partial charge in [0.25, 0.3) is 0 Å². The van der Waals surface area contributed by atoms with Crippen molar-refractivity contribution in [1.82, 2.24) is 16.0 Å². The Labute approximate surface area is 578 Å². The second kappa shape index (κ2) is 39.7. The first-order valence-electron chi connectivity index (χ1n) is 33.4. The van der Waals surface area contributed by atoms with E-state index in [1.165, 1.54) is 45.4 Å². The van der Waals surface area contributed by atoms with Crippen LogP contribution in [0.5, 0.6) is 0 Å². The fourth-order valence-corrected chi connectivity index (χ4v) is 13.1. The minimum absolute atomic E-state index is 0.110. The molecule has 0 aliphatic carbocycles. The van der Waals surface area contributed by atoms with Crippen LogP contribution in [0.25, 0.3) is 0 Å². The molecule has 5 amide bonds. The highest BCUT2D eigenvalue weighted by Gasteiger charge is 2.62. The average Bonchev–Trinajstić information content (AvgIpc) is 0.753. The van der Waals surface area contributed by atoms with Crippen LogP contribution in [-0.2, 0) is 89.7 Å². The first kappa shape index (κ1) is 86.3. The summed E-state index contributed by atoms with van der Waals surface area (Å²) in [4.78, 5) is 87.5. The topological polar surface area (TPSA) is 596 Å². The summed E-state index contributed by atoms with van der Waals surface area (Å²) < 4.78 is 88.1. The monoisotopic (exact) mass is 1470 g/mol. The number of carbonyl (C=O) groups excluding carboxylic acids is 5. The van der Waals surface area contributed by atoms with Gasteiger partial charge in [-0.1, -0.05) is 84.3 Å². The van der Waals surface area contributed by atoms with E-state index in [4.69, 9.17) is 78.4 Å². The van der Waals surface area contributed by atoms with Crippen LogP contribution in [0.15, 0.2) is 11.6 Å². The van der Waals surface area contributed by atoms with E-state index in [1.807, 2.05) is 13.0 Å². The van der Waals surface area contributed by atoms with Gasteiger partial charge in [0.15, 0.2) is 62.0 Å². The molecular formula is C61H107N6O32P. The summed E-state index contributed by atoms with van der Waals surface area (Å²) in [6, 6.07) is -3.89. The molecule has 578 valence electrons. The molecule has 29 atom stereocenters. The van der Waals surface area contributed by atoms with Crippen molar-refractivity contribution in [2.45, 2.75) is 279 Å². The molecule has 100 heavy (non-hydrogen) atoms. The van der Waals surface area contributed by atoms with E-state index in [2.05, 4.69) is 43.6 Å². The molecular weight excluding hydrogens is 1360 g/mol. The van der Waals surface area contributed by atoms with Crippen LogP contribution < -0.4 is 33.2 Å². The molecule has 38 nitrogen and oxygen atoms in total. The second-order valence-corrected chi connectivity index (χ2v) is 28.3. The van der Waals surface area contributed by atoms with Gasteiger partial charge >= 0.3 is 19.9 Å². The predicted molar refractivity (Wildman–Crippen MR) is 339 cm³/mol. The third kappa shape index (κ3) is 24.6. The highest BCUT2D eigenvalue weighted by molar-refractivity contribution is 7.47. The maximum atomic E-state index is 14.0. The van der Waals surface area contributed by atoms with Gasteiger partial charge in [0.2, 0.25) is 23.6 Å². The fourth-order valence-electron chi connectivity index (χ4n) is 12.3. The van der Waals surface area contributed by atoms with Crippen LogP contribution >= 0.6 is 7.82 Å². The number of carbonyl (C=O) groups is 6.